The van der Waals surface area contributed by atoms with Gasteiger partial charge in [0.15, 0.2) is 0 Å². The van der Waals surface area contributed by atoms with Crippen LogP contribution >= 0.6 is 0 Å². The molecule has 0 N–H and O–H groups in total. The first-order valence-electron chi connectivity index (χ1n) is 4.43. The number of unbranched alkanes of at least 4 members (excludes halogenated alkanes) is 3. The highest BCUT2D eigenvalue weighted by atomic mass is 16.5. The van der Waals surface area contributed by atoms with Gasteiger partial charge in [0.1, 0.15) is 6.61 Å². The van der Waals surface area contributed by atoms with Gasteiger partial charge in [-0.2, -0.15) is 5.26 Å². The summed E-state index contributed by atoms with van der Waals surface area (Å²) in [5, 5.41) is 8.06. The lowest BCUT2D eigenvalue weighted by molar-refractivity contribution is 0.259. The van der Waals surface area contributed by atoms with Crippen molar-refractivity contribution in [2.45, 2.75) is 25.7 Å². The number of ether oxygens (including phenoxy) is 1. The highest BCUT2D eigenvalue weighted by molar-refractivity contribution is 4.50. The van der Waals surface area contributed by atoms with Crippen LogP contribution in [0.2, 0.25) is 0 Å². The first-order valence-corrected chi connectivity index (χ1v) is 4.43. The smallest absolute Gasteiger partial charge is 0.286 e. The molecule has 3 heteroatoms. The predicted octanol–water partition coefficient (Wildman–Crippen LogP) is 1.61. The van der Waals surface area contributed by atoms with Crippen molar-refractivity contribution >= 4 is 0 Å². The van der Waals surface area contributed by atoms with Crippen molar-refractivity contribution in [3.05, 3.63) is 0 Å². The highest BCUT2D eigenvalue weighted by Gasteiger charge is 1.91. The molecule has 0 amide bonds. The van der Waals surface area contributed by atoms with E-state index >= 15 is 0 Å². The SMILES string of the molecule is CN(C)CCCCCCOC#N. The molecule has 0 radical (unpaired) electrons. The van der Waals surface area contributed by atoms with Gasteiger partial charge in [0.25, 0.3) is 6.26 Å². The molecule has 12 heavy (non-hydrogen) atoms. The first-order chi connectivity index (χ1) is 5.77. The Morgan fingerprint density at radius 2 is 1.83 bits per heavy atom. The van der Waals surface area contributed by atoms with Gasteiger partial charge in [0.2, 0.25) is 0 Å². The van der Waals surface area contributed by atoms with E-state index in [0.717, 1.165) is 19.4 Å². The molecule has 70 valence electrons. The Balaban J connectivity index is 2.87. The Labute approximate surface area is 74.9 Å². The van der Waals surface area contributed by atoms with Crippen LogP contribution in [0.5, 0.6) is 0 Å². The maximum Gasteiger partial charge on any atom is 0.286 e. The lowest BCUT2D eigenvalue weighted by atomic mass is 10.2. The largest absolute Gasteiger partial charge is 0.428 e. The van der Waals surface area contributed by atoms with Crippen LogP contribution in [0, 0.1) is 11.5 Å². The number of rotatable bonds is 7. The second-order valence-electron chi connectivity index (χ2n) is 3.16. The molecule has 0 spiro atoms. The second kappa shape index (κ2) is 8.35. The molecule has 0 saturated heterocycles. The van der Waals surface area contributed by atoms with E-state index in [2.05, 4.69) is 23.7 Å². The molecule has 0 aliphatic heterocycles. The zero-order valence-electron chi connectivity index (χ0n) is 8.05. The van der Waals surface area contributed by atoms with E-state index in [4.69, 9.17) is 5.26 Å². The summed E-state index contributed by atoms with van der Waals surface area (Å²) in [6.07, 6.45) is 6.30. The fourth-order valence-corrected chi connectivity index (χ4v) is 1.00. The summed E-state index contributed by atoms with van der Waals surface area (Å²) < 4.78 is 4.56. The number of hydrogen-bond donors (Lipinski definition) is 0. The van der Waals surface area contributed by atoms with Gasteiger partial charge in [-0.1, -0.05) is 6.42 Å². The monoisotopic (exact) mass is 170 g/mol. The highest BCUT2D eigenvalue weighted by Crippen LogP contribution is 2.00. The fourth-order valence-electron chi connectivity index (χ4n) is 1.00. The van der Waals surface area contributed by atoms with Crippen LogP contribution in [0.4, 0.5) is 0 Å². The van der Waals surface area contributed by atoms with E-state index in [9.17, 15) is 0 Å². The predicted molar refractivity (Wildman–Crippen MR) is 48.6 cm³/mol. The van der Waals surface area contributed by atoms with Crippen molar-refractivity contribution in [3.63, 3.8) is 0 Å². The molecule has 0 fully saturated rings. The van der Waals surface area contributed by atoms with Crippen LogP contribution in [0.25, 0.3) is 0 Å². The average Bonchev–Trinajstić information content (AvgIpc) is 2.02. The topological polar surface area (TPSA) is 36.3 Å². The molecular formula is C9H18N2O. The lowest BCUT2D eigenvalue weighted by Crippen LogP contribution is -2.12. The maximum atomic E-state index is 8.06. The third-order valence-corrected chi connectivity index (χ3v) is 1.67. The summed E-state index contributed by atoms with van der Waals surface area (Å²) in [6.45, 7) is 1.73. The Bertz CT molecular complexity index is 129. The first kappa shape index (κ1) is 11.2. The van der Waals surface area contributed by atoms with Gasteiger partial charge < -0.3 is 9.64 Å². The fraction of sp³-hybridized carbons (Fsp3) is 0.889. The van der Waals surface area contributed by atoms with Gasteiger partial charge in [0.05, 0.1) is 0 Å². The van der Waals surface area contributed by atoms with Crippen molar-refractivity contribution in [3.8, 4) is 6.26 Å². The maximum absolute atomic E-state index is 8.06. The Morgan fingerprint density at radius 1 is 1.17 bits per heavy atom. The van der Waals surface area contributed by atoms with E-state index in [0.29, 0.717) is 6.61 Å². The Morgan fingerprint density at radius 3 is 2.42 bits per heavy atom. The van der Waals surface area contributed by atoms with E-state index in [1.165, 1.54) is 12.8 Å². The third-order valence-electron chi connectivity index (χ3n) is 1.67. The standard InChI is InChI=1S/C9H18N2O/c1-11(2)7-5-3-4-6-8-12-9-10/h3-8H2,1-2H3. The molecule has 0 aromatic heterocycles. The molecular weight excluding hydrogens is 152 g/mol. The summed E-state index contributed by atoms with van der Waals surface area (Å²) in [4.78, 5) is 2.19. The minimum Gasteiger partial charge on any atom is -0.428 e. The van der Waals surface area contributed by atoms with E-state index in [1.807, 2.05) is 0 Å². The normalized spacial score (nSPS) is 9.83. The minimum absolute atomic E-state index is 0.582. The van der Waals surface area contributed by atoms with E-state index in [1.54, 1.807) is 6.26 Å². The lowest BCUT2D eigenvalue weighted by Gasteiger charge is -2.07. The molecule has 0 heterocycles. The Hall–Kier alpha value is -0.750. The molecule has 0 aliphatic rings. The second-order valence-corrected chi connectivity index (χ2v) is 3.16. The summed E-state index contributed by atoms with van der Waals surface area (Å²) in [5.74, 6) is 0. The molecule has 0 saturated carbocycles. The van der Waals surface area contributed by atoms with Gasteiger partial charge in [-0.05, 0) is 39.9 Å². The summed E-state index contributed by atoms with van der Waals surface area (Å²) in [7, 11) is 4.16. The van der Waals surface area contributed by atoms with Crippen LogP contribution in [0.3, 0.4) is 0 Å². The van der Waals surface area contributed by atoms with Crippen LogP contribution in [-0.4, -0.2) is 32.1 Å². The molecule has 0 rings (SSSR count). The average molecular weight is 170 g/mol. The van der Waals surface area contributed by atoms with Crippen molar-refractivity contribution in [1.29, 1.82) is 5.26 Å². The van der Waals surface area contributed by atoms with Gasteiger partial charge >= 0.3 is 0 Å². The minimum atomic E-state index is 0.582. The molecule has 0 unspecified atom stereocenters. The summed E-state index contributed by atoms with van der Waals surface area (Å²) >= 11 is 0. The zero-order valence-corrected chi connectivity index (χ0v) is 8.05. The number of nitriles is 1. The molecule has 0 aromatic carbocycles. The Kier molecular flexibility index (Phi) is 7.83. The molecule has 0 bridgehead atoms. The van der Waals surface area contributed by atoms with E-state index < -0.39 is 0 Å². The summed E-state index contributed by atoms with van der Waals surface area (Å²) in [5.41, 5.74) is 0. The van der Waals surface area contributed by atoms with Gasteiger partial charge in [0, 0.05) is 0 Å². The molecule has 0 atom stereocenters. The van der Waals surface area contributed by atoms with E-state index in [-0.39, 0.29) is 0 Å². The van der Waals surface area contributed by atoms with Crippen LogP contribution < -0.4 is 0 Å². The van der Waals surface area contributed by atoms with Crippen LogP contribution in [0.1, 0.15) is 25.7 Å². The quantitative estimate of drug-likeness (QED) is 0.430. The molecule has 3 nitrogen and oxygen atoms in total. The van der Waals surface area contributed by atoms with Crippen molar-refractivity contribution in [1.82, 2.24) is 4.90 Å². The molecule has 0 aliphatic carbocycles. The van der Waals surface area contributed by atoms with Gasteiger partial charge in [-0.3, -0.25) is 0 Å². The zero-order chi connectivity index (χ0) is 9.23. The third kappa shape index (κ3) is 9.25. The van der Waals surface area contributed by atoms with Crippen molar-refractivity contribution < 1.29 is 4.74 Å². The van der Waals surface area contributed by atoms with Gasteiger partial charge in [-0.25, -0.2) is 0 Å². The van der Waals surface area contributed by atoms with Crippen molar-refractivity contribution in [2.75, 3.05) is 27.2 Å². The van der Waals surface area contributed by atoms with Crippen molar-refractivity contribution in [2.24, 2.45) is 0 Å². The summed E-state index contributed by atoms with van der Waals surface area (Å²) in [6, 6.07) is 0. The van der Waals surface area contributed by atoms with Crippen LogP contribution in [0.15, 0.2) is 0 Å². The molecule has 0 aromatic rings. The van der Waals surface area contributed by atoms with Gasteiger partial charge in [-0.15, -0.1) is 0 Å². The van der Waals surface area contributed by atoms with Crippen LogP contribution in [-0.2, 0) is 4.74 Å². The number of hydrogen-bond acceptors (Lipinski definition) is 3. The number of nitrogens with zero attached hydrogens (tertiary/aromatic N) is 2.